The summed E-state index contributed by atoms with van der Waals surface area (Å²) >= 11 is 0. The van der Waals surface area contributed by atoms with Gasteiger partial charge in [0.05, 0.1) is 5.56 Å². The molecule has 6 nitrogen and oxygen atoms in total. The molecule has 0 aliphatic rings. The smallest absolute Gasteiger partial charge is 0.335 e. The number of carboxylic acids is 1. The molecule has 0 saturated heterocycles. The van der Waals surface area contributed by atoms with Gasteiger partial charge in [0.2, 0.25) is 0 Å². The van der Waals surface area contributed by atoms with Gasteiger partial charge in [-0.3, -0.25) is 4.79 Å². The summed E-state index contributed by atoms with van der Waals surface area (Å²) in [6.07, 6.45) is 2.17. The van der Waals surface area contributed by atoms with E-state index in [-0.39, 0.29) is 11.1 Å². The molecule has 0 bridgehead atoms. The van der Waals surface area contributed by atoms with Crippen molar-refractivity contribution >= 4 is 17.6 Å². The summed E-state index contributed by atoms with van der Waals surface area (Å²) in [5.74, 6) is -1.60. The highest BCUT2D eigenvalue weighted by Crippen LogP contribution is 2.11. The number of amides is 1. The van der Waals surface area contributed by atoms with E-state index in [9.17, 15) is 9.59 Å². The summed E-state index contributed by atoms with van der Waals surface area (Å²) in [5, 5.41) is 23.6. The molecular formula is C20H19N3O3. The molecule has 0 spiro atoms. The molecule has 2 aromatic rings. The largest absolute Gasteiger partial charge is 0.478 e. The summed E-state index contributed by atoms with van der Waals surface area (Å²) in [4.78, 5) is 22.9. The minimum absolute atomic E-state index is 0.0582. The number of aromatic carboxylic acids is 1. The van der Waals surface area contributed by atoms with Gasteiger partial charge in [-0.05, 0) is 48.7 Å². The zero-order valence-electron chi connectivity index (χ0n) is 14.3. The van der Waals surface area contributed by atoms with Crippen LogP contribution in [0.25, 0.3) is 0 Å². The molecule has 0 radical (unpaired) electrons. The number of anilines is 1. The number of hydrogen-bond acceptors (Lipinski definition) is 4. The van der Waals surface area contributed by atoms with Crippen molar-refractivity contribution in [2.45, 2.75) is 13.3 Å². The van der Waals surface area contributed by atoms with Crippen molar-refractivity contribution in [2.75, 3.05) is 11.9 Å². The normalized spacial score (nSPS) is 10.7. The molecule has 0 atom stereocenters. The van der Waals surface area contributed by atoms with Crippen LogP contribution in [0.4, 0.5) is 5.69 Å². The molecule has 132 valence electrons. The van der Waals surface area contributed by atoms with E-state index < -0.39 is 11.9 Å². The Labute approximate surface area is 151 Å². The van der Waals surface area contributed by atoms with Crippen molar-refractivity contribution in [1.29, 1.82) is 5.26 Å². The Kier molecular flexibility index (Phi) is 6.52. The van der Waals surface area contributed by atoms with Gasteiger partial charge >= 0.3 is 5.97 Å². The molecule has 0 aliphatic heterocycles. The number of carbonyl (C=O) groups is 2. The number of aryl methyl sites for hydroxylation is 1. The van der Waals surface area contributed by atoms with E-state index in [1.807, 2.05) is 37.3 Å². The van der Waals surface area contributed by atoms with Crippen LogP contribution in [0.15, 0.2) is 60.3 Å². The fraction of sp³-hybridized carbons (Fsp3) is 0.150. The first-order chi connectivity index (χ1) is 12.5. The molecule has 0 heterocycles. The fourth-order valence-electron chi connectivity index (χ4n) is 2.31. The Morgan fingerprint density at radius 2 is 1.85 bits per heavy atom. The zero-order valence-corrected chi connectivity index (χ0v) is 14.3. The lowest BCUT2D eigenvalue weighted by Crippen LogP contribution is -2.18. The first kappa shape index (κ1) is 18.7. The van der Waals surface area contributed by atoms with Gasteiger partial charge in [-0.25, -0.2) is 4.79 Å². The summed E-state index contributed by atoms with van der Waals surface area (Å²) < 4.78 is 0. The third-order valence-corrected chi connectivity index (χ3v) is 3.80. The second kappa shape index (κ2) is 9.04. The van der Waals surface area contributed by atoms with Crippen LogP contribution < -0.4 is 10.6 Å². The SMILES string of the molecule is Cc1ccccc1CCN/C=C(/C#N)C(=O)Nc1ccc(C(=O)O)cc1. The number of nitrogens with zero attached hydrogens (tertiary/aromatic N) is 1. The molecule has 0 aliphatic carbocycles. The molecule has 1 amide bonds. The second-order valence-electron chi connectivity index (χ2n) is 5.64. The number of rotatable bonds is 7. The van der Waals surface area contributed by atoms with Crippen LogP contribution in [0.5, 0.6) is 0 Å². The van der Waals surface area contributed by atoms with Gasteiger partial charge in [0.25, 0.3) is 5.91 Å². The summed E-state index contributed by atoms with van der Waals surface area (Å²) in [6, 6.07) is 15.6. The highest BCUT2D eigenvalue weighted by Gasteiger charge is 2.10. The maximum absolute atomic E-state index is 12.1. The maximum Gasteiger partial charge on any atom is 0.335 e. The highest BCUT2D eigenvalue weighted by molar-refractivity contribution is 6.06. The standard InChI is InChI=1S/C20H19N3O3/c1-14-4-2-3-5-15(14)10-11-22-13-17(12-21)19(24)23-18-8-6-16(7-9-18)20(25)26/h2-9,13,22H,10-11H2,1H3,(H,23,24)(H,25,26)/b17-13-. The third kappa shape index (κ3) is 5.21. The van der Waals surface area contributed by atoms with Gasteiger partial charge < -0.3 is 15.7 Å². The predicted octanol–water partition coefficient (Wildman–Crippen LogP) is 2.87. The Bertz CT molecular complexity index is 865. The first-order valence-corrected chi connectivity index (χ1v) is 8.04. The van der Waals surface area contributed by atoms with E-state index in [1.165, 1.54) is 41.6 Å². The fourth-order valence-corrected chi connectivity index (χ4v) is 2.31. The third-order valence-electron chi connectivity index (χ3n) is 3.80. The number of carboxylic acid groups (broad SMARTS) is 1. The molecule has 6 heteroatoms. The summed E-state index contributed by atoms with van der Waals surface area (Å²) in [7, 11) is 0. The van der Waals surface area contributed by atoms with Crippen LogP contribution >= 0.6 is 0 Å². The summed E-state index contributed by atoms with van der Waals surface area (Å²) in [5.41, 5.74) is 2.88. The second-order valence-corrected chi connectivity index (χ2v) is 5.64. The number of nitriles is 1. The van der Waals surface area contributed by atoms with E-state index in [1.54, 1.807) is 0 Å². The Morgan fingerprint density at radius 3 is 2.46 bits per heavy atom. The van der Waals surface area contributed by atoms with E-state index in [2.05, 4.69) is 10.6 Å². The van der Waals surface area contributed by atoms with Crippen LogP contribution in [-0.4, -0.2) is 23.5 Å². The molecular weight excluding hydrogens is 330 g/mol. The van der Waals surface area contributed by atoms with Crippen LogP contribution in [-0.2, 0) is 11.2 Å². The summed E-state index contributed by atoms with van der Waals surface area (Å²) in [6.45, 7) is 2.63. The van der Waals surface area contributed by atoms with Crippen molar-refractivity contribution in [3.63, 3.8) is 0 Å². The lowest BCUT2D eigenvalue weighted by atomic mass is 10.1. The van der Waals surface area contributed by atoms with Crippen LogP contribution in [0, 0.1) is 18.3 Å². The van der Waals surface area contributed by atoms with Crippen LogP contribution in [0.2, 0.25) is 0 Å². The van der Waals surface area contributed by atoms with E-state index in [4.69, 9.17) is 10.4 Å². The Morgan fingerprint density at radius 1 is 1.15 bits per heavy atom. The van der Waals surface area contributed by atoms with Gasteiger partial charge in [-0.1, -0.05) is 24.3 Å². The predicted molar refractivity (Wildman–Crippen MR) is 98.6 cm³/mol. The number of carbonyl (C=O) groups excluding carboxylic acids is 1. The average molecular weight is 349 g/mol. The highest BCUT2D eigenvalue weighted by atomic mass is 16.4. The van der Waals surface area contributed by atoms with Crippen molar-refractivity contribution < 1.29 is 14.7 Å². The average Bonchev–Trinajstić information content (AvgIpc) is 2.63. The number of nitrogens with one attached hydrogen (secondary N) is 2. The van der Waals surface area contributed by atoms with E-state index in [0.717, 1.165) is 6.42 Å². The monoisotopic (exact) mass is 349 g/mol. The topological polar surface area (TPSA) is 102 Å². The van der Waals surface area contributed by atoms with Gasteiger partial charge in [-0.15, -0.1) is 0 Å². The van der Waals surface area contributed by atoms with Crippen LogP contribution in [0.1, 0.15) is 21.5 Å². The van der Waals surface area contributed by atoms with Crippen molar-refractivity contribution in [3.8, 4) is 6.07 Å². The van der Waals surface area contributed by atoms with Crippen molar-refractivity contribution in [1.82, 2.24) is 5.32 Å². The lowest BCUT2D eigenvalue weighted by molar-refractivity contribution is -0.112. The van der Waals surface area contributed by atoms with E-state index in [0.29, 0.717) is 12.2 Å². The molecule has 0 fully saturated rings. The van der Waals surface area contributed by atoms with Gasteiger partial charge in [0.15, 0.2) is 0 Å². The molecule has 2 rings (SSSR count). The van der Waals surface area contributed by atoms with Crippen molar-refractivity contribution in [2.24, 2.45) is 0 Å². The first-order valence-electron chi connectivity index (χ1n) is 8.04. The quantitative estimate of drug-likeness (QED) is 0.405. The maximum atomic E-state index is 12.1. The van der Waals surface area contributed by atoms with Crippen LogP contribution in [0.3, 0.4) is 0 Å². The molecule has 0 saturated carbocycles. The molecule has 3 N–H and O–H groups in total. The molecule has 0 unspecified atom stereocenters. The minimum Gasteiger partial charge on any atom is -0.478 e. The van der Waals surface area contributed by atoms with Gasteiger partial charge in [0, 0.05) is 18.4 Å². The van der Waals surface area contributed by atoms with Gasteiger partial charge in [0.1, 0.15) is 11.6 Å². The van der Waals surface area contributed by atoms with Gasteiger partial charge in [-0.2, -0.15) is 5.26 Å². The minimum atomic E-state index is -1.04. The number of benzene rings is 2. The lowest BCUT2D eigenvalue weighted by Gasteiger charge is -2.07. The van der Waals surface area contributed by atoms with Crippen molar-refractivity contribution in [3.05, 3.63) is 77.0 Å². The molecule has 2 aromatic carbocycles. The Balaban J connectivity index is 1.91. The zero-order chi connectivity index (χ0) is 18.9. The Hall–Kier alpha value is -3.59. The molecule has 26 heavy (non-hydrogen) atoms. The number of hydrogen-bond donors (Lipinski definition) is 3. The molecule has 0 aromatic heterocycles. The van der Waals surface area contributed by atoms with E-state index >= 15 is 0 Å².